The van der Waals surface area contributed by atoms with Crippen molar-refractivity contribution in [2.75, 3.05) is 5.32 Å². The van der Waals surface area contributed by atoms with Crippen molar-refractivity contribution in [3.63, 3.8) is 0 Å². The molecule has 0 bridgehead atoms. The Kier molecular flexibility index (Phi) is 2.36. The van der Waals surface area contributed by atoms with Crippen molar-refractivity contribution in [2.45, 2.75) is 12.8 Å². The highest BCUT2D eigenvalue weighted by Gasteiger charge is 2.17. The van der Waals surface area contributed by atoms with Crippen LogP contribution in [0, 0.1) is 0 Å². The maximum atomic E-state index is 12.1. The summed E-state index contributed by atoms with van der Waals surface area (Å²) in [7, 11) is 0. The number of hydrogen-bond donors (Lipinski definition) is 1. The highest BCUT2D eigenvalue weighted by Crippen LogP contribution is 2.35. The van der Waals surface area contributed by atoms with E-state index in [1.165, 1.54) is 22.7 Å². The van der Waals surface area contributed by atoms with Gasteiger partial charge >= 0.3 is 0 Å². The summed E-state index contributed by atoms with van der Waals surface area (Å²) < 4.78 is 4.88. The lowest BCUT2D eigenvalue weighted by molar-refractivity contribution is 0.0988. The minimum absolute atomic E-state index is 0.216. The van der Waals surface area contributed by atoms with Crippen LogP contribution in [-0.4, -0.2) is 11.1 Å². The molecule has 1 amide bonds. The van der Waals surface area contributed by atoms with Crippen molar-refractivity contribution in [1.29, 1.82) is 0 Å². The summed E-state index contributed by atoms with van der Waals surface area (Å²) in [5.74, 6) is -0.0607. The number of aromatic nitrogens is 1. The Hall–Kier alpha value is -2.62. The molecule has 4 heteroatoms. The topological polar surface area (TPSA) is 55.1 Å². The maximum absolute atomic E-state index is 12.1. The first kappa shape index (κ1) is 11.2. The minimum Gasteiger partial charge on any atom is -0.351 e. The Morgan fingerprint density at radius 3 is 2.75 bits per heavy atom. The van der Waals surface area contributed by atoms with E-state index in [1.54, 1.807) is 6.07 Å². The fourth-order valence-electron chi connectivity index (χ4n) is 2.87. The molecule has 1 aliphatic carbocycles. The number of rotatable bonds is 2. The van der Waals surface area contributed by atoms with E-state index in [1.807, 2.05) is 18.2 Å². The predicted octanol–water partition coefficient (Wildman–Crippen LogP) is 3.18. The molecule has 2 aromatic carbocycles. The molecule has 1 N–H and O–H groups in total. The van der Waals surface area contributed by atoms with Crippen molar-refractivity contribution < 1.29 is 9.32 Å². The SMILES string of the molecule is O=C(Nc1ccc2c3c(cccc13)CC2)c1ccno1. The number of carbonyl (C=O) groups excluding carboxylic acids is 1. The molecule has 0 atom stereocenters. The normalized spacial score (nSPS) is 12.8. The monoisotopic (exact) mass is 264 g/mol. The molecule has 0 spiro atoms. The fourth-order valence-corrected chi connectivity index (χ4v) is 2.87. The number of benzene rings is 2. The summed E-state index contributed by atoms with van der Waals surface area (Å²) in [6, 6.07) is 11.8. The van der Waals surface area contributed by atoms with Crippen LogP contribution in [0.2, 0.25) is 0 Å². The largest absolute Gasteiger partial charge is 0.351 e. The van der Waals surface area contributed by atoms with Gasteiger partial charge in [-0.05, 0) is 35.4 Å². The number of aryl methyl sites for hydroxylation is 2. The van der Waals surface area contributed by atoms with Crippen molar-refractivity contribution in [2.24, 2.45) is 0 Å². The third-order valence-corrected chi connectivity index (χ3v) is 3.79. The second kappa shape index (κ2) is 4.20. The Morgan fingerprint density at radius 1 is 1.10 bits per heavy atom. The number of hydrogen-bond acceptors (Lipinski definition) is 3. The summed E-state index contributed by atoms with van der Waals surface area (Å²) in [6.45, 7) is 0. The lowest BCUT2D eigenvalue weighted by atomic mass is 10.0. The van der Waals surface area contributed by atoms with Gasteiger partial charge in [0, 0.05) is 17.1 Å². The molecule has 0 saturated heterocycles. The molecular formula is C16H12N2O2. The van der Waals surface area contributed by atoms with Gasteiger partial charge in [0.1, 0.15) is 0 Å². The van der Waals surface area contributed by atoms with E-state index >= 15 is 0 Å². The zero-order valence-corrected chi connectivity index (χ0v) is 10.7. The molecule has 1 aromatic heterocycles. The van der Waals surface area contributed by atoms with E-state index < -0.39 is 0 Å². The van der Waals surface area contributed by atoms with Gasteiger partial charge in [0.15, 0.2) is 0 Å². The summed E-state index contributed by atoms with van der Waals surface area (Å²) in [4.78, 5) is 12.1. The average Bonchev–Trinajstić information content (AvgIpc) is 3.12. The smallest absolute Gasteiger partial charge is 0.294 e. The Labute approximate surface area is 115 Å². The van der Waals surface area contributed by atoms with Gasteiger partial charge in [-0.25, -0.2) is 0 Å². The van der Waals surface area contributed by atoms with Crippen LogP contribution in [0.1, 0.15) is 21.7 Å². The van der Waals surface area contributed by atoms with Gasteiger partial charge in [0.25, 0.3) is 5.91 Å². The molecule has 0 fully saturated rings. The molecule has 98 valence electrons. The Morgan fingerprint density at radius 2 is 1.95 bits per heavy atom. The van der Waals surface area contributed by atoms with Gasteiger partial charge in [0.2, 0.25) is 5.76 Å². The molecule has 0 radical (unpaired) electrons. The Bertz CT molecular complexity index is 796. The quantitative estimate of drug-likeness (QED) is 0.773. The van der Waals surface area contributed by atoms with Crippen LogP contribution in [0.4, 0.5) is 5.69 Å². The van der Waals surface area contributed by atoms with Crippen LogP contribution in [0.15, 0.2) is 47.1 Å². The average molecular weight is 264 g/mol. The molecule has 4 nitrogen and oxygen atoms in total. The summed E-state index contributed by atoms with van der Waals surface area (Å²) in [5.41, 5.74) is 3.52. The molecule has 0 saturated carbocycles. The van der Waals surface area contributed by atoms with Gasteiger partial charge in [-0.15, -0.1) is 0 Å². The van der Waals surface area contributed by atoms with E-state index in [0.717, 1.165) is 23.9 Å². The van der Waals surface area contributed by atoms with Gasteiger partial charge in [-0.3, -0.25) is 4.79 Å². The number of anilines is 1. The van der Waals surface area contributed by atoms with E-state index in [0.29, 0.717) is 0 Å². The second-order valence-electron chi connectivity index (χ2n) is 4.94. The highest BCUT2D eigenvalue weighted by molar-refractivity contribution is 6.09. The van der Waals surface area contributed by atoms with Crippen molar-refractivity contribution >= 4 is 22.4 Å². The molecule has 4 rings (SSSR count). The fraction of sp³-hybridized carbons (Fsp3) is 0.125. The zero-order valence-electron chi connectivity index (χ0n) is 10.7. The standard InChI is InChI=1S/C16H12N2O2/c19-16(14-8-9-17-20-14)18-13-7-6-11-5-4-10-2-1-3-12(13)15(10)11/h1-3,6-9H,4-5H2,(H,18,19). The van der Waals surface area contributed by atoms with Crippen LogP contribution in [0.25, 0.3) is 10.8 Å². The van der Waals surface area contributed by atoms with Crippen molar-refractivity contribution in [1.82, 2.24) is 5.16 Å². The first-order chi connectivity index (χ1) is 9.83. The highest BCUT2D eigenvalue weighted by atomic mass is 16.5. The van der Waals surface area contributed by atoms with Crippen LogP contribution in [0.5, 0.6) is 0 Å². The van der Waals surface area contributed by atoms with E-state index in [4.69, 9.17) is 4.52 Å². The molecule has 0 aliphatic heterocycles. The summed E-state index contributed by atoms with van der Waals surface area (Å²) in [6.07, 6.45) is 3.61. The molecule has 20 heavy (non-hydrogen) atoms. The van der Waals surface area contributed by atoms with Crippen LogP contribution in [0.3, 0.4) is 0 Å². The second-order valence-corrected chi connectivity index (χ2v) is 4.94. The third kappa shape index (κ3) is 1.61. The van der Waals surface area contributed by atoms with Crippen LogP contribution in [-0.2, 0) is 12.8 Å². The number of nitrogens with one attached hydrogen (secondary N) is 1. The van der Waals surface area contributed by atoms with Gasteiger partial charge in [-0.1, -0.05) is 29.4 Å². The van der Waals surface area contributed by atoms with E-state index in [2.05, 4.69) is 22.6 Å². The molecule has 0 unspecified atom stereocenters. The first-order valence-corrected chi connectivity index (χ1v) is 6.58. The minimum atomic E-state index is -0.277. The maximum Gasteiger partial charge on any atom is 0.294 e. The predicted molar refractivity (Wildman–Crippen MR) is 75.8 cm³/mol. The lowest BCUT2D eigenvalue weighted by Crippen LogP contribution is -2.11. The van der Waals surface area contributed by atoms with Crippen molar-refractivity contribution in [3.8, 4) is 0 Å². The zero-order chi connectivity index (χ0) is 13.5. The first-order valence-electron chi connectivity index (χ1n) is 6.58. The Balaban J connectivity index is 1.80. The summed E-state index contributed by atoms with van der Waals surface area (Å²) in [5, 5.41) is 8.82. The molecular weight excluding hydrogens is 252 g/mol. The number of amides is 1. The molecule has 1 heterocycles. The van der Waals surface area contributed by atoms with Crippen LogP contribution >= 0.6 is 0 Å². The van der Waals surface area contributed by atoms with E-state index in [-0.39, 0.29) is 11.7 Å². The van der Waals surface area contributed by atoms with Crippen molar-refractivity contribution in [3.05, 3.63) is 59.5 Å². The molecule has 3 aromatic rings. The third-order valence-electron chi connectivity index (χ3n) is 3.79. The van der Waals surface area contributed by atoms with E-state index in [9.17, 15) is 4.79 Å². The number of nitrogens with zero attached hydrogens (tertiary/aromatic N) is 1. The van der Waals surface area contributed by atoms with Gasteiger partial charge in [0.05, 0.1) is 6.20 Å². The van der Waals surface area contributed by atoms with Gasteiger partial charge in [-0.2, -0.15) is 0 Å². The van der Waals surface area contributed by atoms with Gasteiger partial charge < -0.3 is 9.84 Å². The van der Waals surface area contributed by atoms with Crippen LogP contribution < -0.4 is 5.32 Å². The summed E-state index contributed by atoms with van der Waals surface area (Å²) >= 11 is 0. The molecule has 1 aliphatic rings. The lowest BCUT2D eigenvalue weighted by Gasteiger charge is -2.09. The number of carbonyl (C=O) groups is 1.